The molecule has 1 amide bonds. The van der Waals surface area contributed by atoms with E-state index in [1.54, 1.807) is 11.6 Å². The Bertz CT molecular complexity index is 816. The standard InChI is InChI=1S/C18H25N5O2.2ClH/c1-3-23-16(20-21(2)18(23)25)15-5-4-10-22(12-15)17(24)14-8-6-13(11-19)7-9-14;;/h6-9,15H,3-5,10-12,19H2,1-2H3;2*1H. The summed E-state index contributed by atoms with van der Waals surface area (Å²) in [7, 11) is 1.67. The monoisotopic (exact) mass is 415 g/mol. The summed E-state index contributed by atoms with van der Waals surface area (Å²) in [4.78, 5) is 26.8. The Labute approximate surface area is 171 Å². The normalized spacial score (nSPS) is 16.4. The fourth-order valence-electron chi connectivity index (χ4n) is 3.46. The fraction of sp³-hybridized carbons (Fsp3) is 0.500. The van der Waals surface area contributed by atoms with Crippen LogP contribution in [0.4, 0.5) is 0 Å². The summed E-state index contributed by atoms with van der Waals surface area (Å²) in [6.45, 7) is 4.32. The zero-order valence-electron chi connectivity index (χ0n) is 15.6. The Morgan fingerprint density at radius 3 is 2.52 bits per heavy atom. The number of piperidine rings is 1. The second kappa shape index (κ2) is 9.92. The van der Waals surface area contributed by atoms with Gasteiger partial charge in [0.15, 0.2) is 0 Å². The topological polar surface area (TPSA) is 86.2 Å². The minimum Gasteiger partial charge on any atom is -0.338 e. The van der Waals surface area contributed by atoms with Gasteiger partial charge in [-0.2, -0.15) is 5.10 Å². The molecular weight excluding hydrogens is 389 g/mol. The molecule has 1 saturated heterocycles. The molecule has 1 aromatic carbocycles. The van der Waals surface area contributed by atoms with Crippen LogP contribution in [0.2, 0.25) is 0 Å². The average molecular weight is 416 g/mol. The number of carbonyl (C=O) groups is 1. The smallest absolute Gasteiger partial charge is 0.338 e. The van der Waals surface area contributed by atoms with Crippen molar-refractivity contribution in [1.82, 2.24) is 19.2 Å². The third-order valence-electron chi connectivity index (χ3n) is 4.86. The van der Waals surface area contributed by atoms with Crippen LogP contribution in [0.25, 0.3) is 0 Å². The van der Waals surface area contributed by atoms with E-state index in [9.17, 15) is 9.59 Å². The molecule has 1 aromatic heterocycles. The number of benzene rings is 1. The van der Waals surface area contributed by atoms with Gasteiger partial charge in [-0.1, -0.05) is 12.1 Å². The van der Waals surface area contributed by atoms with E-state index in [0.717, 1.165) is 30.8 Å². The number of nitrogens with zero attached hydrogens (tertiary/aromatic N) is 4. The average Bonchev–Trinajstić information content (AvgIpc) is 2.95. The van der Waals surface area contributed by atoms with Crippen molar-refractivity contribution in [1.29, 1.82) is 0 Å². The predicted molar refractivity (Wildman–Crippen MR) is 110 cm³/mol. The Morgan fingerprint density at radius 1 is 1.26 bits per heavy atom. The molecule has 2 heterocycles. The number of hydrogen-bond acceptors (Lipinski definition) is 4. The molecule has 2 N–H and O–H groups in total. The number of rotatable bonds is 4. The molecule has 1 fully saturated rings. The van der Waals surface area contributed by atoms with Gasteiger partial charge in [0.2, 0.25) is 0 Å². The molecule has 2 aromatic rings. The first-order chi connectivity index (χ1) is 12.0. The zero-order chi connectivity index (χ0) is 18.0. The Hall–Kier alpha value is -1.83. The fourth-order valence-corrected chi connectivity index (χ4v) is 3.46. The summed E-state index contributed by atoms with van der Waals surface area (Å²) >= 11 is 0. The summed E-state index contributed by atoms with van der Waals surface area (Å²) in [5.41, 5.74) is 7.19. The number of aromatic nitrogens is 3. The van der Waals surface area contributed by atoms with E-state index in [1.165, 1.54) is 4.68 Å². The summed E-state index contributed by atoms with van der Waals surface area (Å²) in [6, 6.07) is 7.44. The third-order valence-corrected chi connectivity index (χ3v) is 4.86. The zero-order valence-corrected chi connectivity index (χ0v) is 17.3. The molecule has 0 saturated carbocycles. The van der Waals surface area contributed by atoms with Gasteiger partial charge in [0, 0.05) is 44.7 Å². The highest BCUT2D eigenvalue weighted by Crippen LogP contribution is 2.26. The Balaban J connectivity index is 0.00000182. The van der Waals surface area contributed by atoms with Crippen LogP contribution in [0.5, 0.6) is 0 Å². The van der Waals surface area contributed by atoms with Gasteiger partial charge in [0.05, 0.1) is 0 Å². The van der Waals surface area contributed by atoms with Crippen LogP contribution in [0.15, 0.2) is 29.1 Å². The van der Waals surface area contributed by atoms with Crippen LogP contribution in [0, 0.1) is 0 Å². The number of hydrogen-bond donors (Lipinski definition) is 1. The van der Waals surface area contributed by atoms with Crippen molar-refractivity contribution in [2.75, 3.05) is 13.1 Å². The largest absolute Gasteiger partial charge is 0.345 e. The van der Waals surface area contributed by atoms with Gasteiger partial charge in [-0.15, -0.1) is 24.8 Å². The third kappa shape index (κ3) is 4.72. The lowest BCUT2D eigenvalue weighted by Crippen LogP contribution is -2.40. The summed E-state index contributed by atoms with van der Waals surface area (Å²) in [6.07, 6.45) is 1.85. The number of halogens is 2. The molecule has 0 aliphatic carbocycles. The van der Waals surface area contributed by atoms with Crippen molar-refractivity contribution < 1.29 is 4.79 Å². The van der Waals surface area contributed by atoms with E-state index < -0.39 is 0 Å². The highest BCUT2D eigenvalue weighted by Gasteiger charge is 2.29. The van der Waals surface area contributed by atoms with Gasteiger partial charge in [-0.05, 0) is 37.5 Å². The van der Waals surface area contributed by atoms with Crippen molar-refractivity contribution in [3.05, 3.63) is 51.7 Å². The Kier molecular flexibility index (Phi) is 8.53. The molecule has 7 nitrogen and oxygen atoms in total. The number of likely N-dealkylation sites (tertiary alicyclic amines) is 1. The molecule has 9 heteroatoms. The van der Waals surface area contributed by atoms with E-state index in [4.69, 9.17) is 5.73 Å². The van der Waals surface area contributed by atoms with Crippen molar-refractivity contribution in [2.45, 2.75) is 38.8 Å². The SMILES string of the molecule is CCn1c(C2CCCN(C(=O)c3ccc(CN)cc3)C2)nn(C)c1=O.Cl.Cl. The van der Waals surface area contributed by atoms with Crippen molar-refractivity contribution in [3.8, 4) is 0 Å². The maximum Gasteiger partial charge on any atom is 0.345 e. The first kappa shape index (κ1) is 23.2. The van der Waals surface area contributed by atoms with E-state index >= 15 is 0 Å². The summed E-state index contributed by atoms with van der Waals surface area (Å²) in [5, 5.41) is 4.41. The van der Waals surface area contributed by atoms with Gasteiger partial charge in [0.1, 0.15) is 5.82 Å². The molecule has 150 valence electrons. The van der Waals surface area contributed by atoms with Gasteiger partial charge in [-0.25, -0.2) is 9.48 Å². The van der Waals surface area contributed by atoms with E-state index in [1.807, 2.05) is 36.1 Å². The lowest BCUT2D eigenvalue weighted by Gasteiger charge is -2.32. The molecule has 0 spiro atoms. The lowest BCUT2D eigenvalue weighted by molar-refractivity contribution is 0.0703. The highest BCUT2D eigenvalue weighted by molar-refractivity contribution is 5.94. The quantitative estimate of drug-likeness (QED) is 0.825. The summed E-state index contributed by atoms with van der Waals surface area (Å²) in [5.74, 6) is 0.899. The minimum absolute atomic E-state index is 0. The summed E-state index contributed by atoms with van der Waals surface area (Å²) < 4.78 is 3.08. The molecular formula is C18H27Cl2N5O2. The predicted octanol–water partition coefficient (Wildman–Crippen LogP) is 1.92. The van der Waals surface area contributed by atoms with Crippen LogP contribution >= 0.6 is 24.8 Å². The van der Waals surface area contributed by atoms with Crippen LogP contribution in [-0.2, 0) is 20.1 Å². The van der Waals surface area contributed by atoms with Crippen molar-refractivity contribution in [2.24, 2.45) is 12.8 Å². The number of nitrogens with two attached hydrogens (primary N) is 1. The first-order valence-electron chi connectivity index (χ1n) is 8.77. The Morgan fingerprint density at radius 2 is 1.93 bits per heavy atom. The second-order valence-electron chi connectivity index (χ2n) is 6.50. The molecule has 0 bridgehead atoms. The number of aryl methyl sites for hydroxylation is 1. The van der Waals surface area contributed by atoms with Gasteiger partial charge >= 0.3 is 5.69 Å². The van der Waals surface area contributed by atoms with Crippen LogP contribution in [-0.4, -0.2) is 38.2 Å². The van der Waals surface area contributed by atoms with Crippen molar-refractivity contribution >= 4 is 30.7 Å². The lowest BCUT2D eigenvalue weighted by atomic mass is 9.96. The van der Waals surface area contributed by atoms with Gasteiger partial charge in [0.25, 0.3) is 5.91 Å². The van der Waals surface area contributed by atoms with Gasteiger partial charge < -0.3 is 10.6 Å². The van der Waals surface area contributed by atoms with E-state index in [0.29, 0.717) is 25.2 Å². The molecule has 27 heavy (non-hydrogen) atoms. The molecule has 1 unspecified atom stereocenters. The molecule has 1 atom stereocenters. The highest BCUT2D eigenvalue weighted by atomic mass is 35.5. The molecule has 0 radical (unpaired) electrons. The molecule has 1 aliphatic heterocycles. The first-order valence-corrected chi connectivity index (χ1v) is 8.77. The van der Waals surface area contributed by atoms with Gasteiger partial charge in [-0.3, -0.25) is 9.36 Å². The number of carbonyl (C=O) groups excluding carboxylic acids is 1. The van der Waals surface area contributed by atoms with Crippen LogP contribution in [0.3, 0.4) is 0 Å². The maximum absolute atomic E-state index is 12.8. The van der Waals surface area contributed by atoms with Crippen LogP contribution in [0.1, 0.15) is 47.4 Å². The van der Waals surface area contributed by atoms with E-state index in [-0.39, 0.29) is 42.3 Å². The van der Waals surface area contributed by atoms with Crippen LogP contribution < -0.4 is 11.4 Å². The molecule has 1 aliphatic rings. The number of amides is 1. The van der Waals surface area contributed by atoms with E-state index in [2.05, 4.69) is 5.10 Å². The second-order valence-corrected chi connectivity index (χ2v) is 6.50. The minimum atomic E-state index is -0.0988. The van der Waals surface area contributed by atoms with Crippen molar-refractivity contribution in [3.63, 3.8) is 0 Å². The maximum atomic E-state index is 12.8. The molecule has 3 rings (SSSR count).